The van der Waals surface area contributed by atoms with E-state index in [-0.39, 0.29) is 12.3 Å². The molecule has 0 saturated heterocycles. The predicted molar refractivity (Wildman–Crippen MR) is 105 cm³/mol. The highest BCUT2D eigenvalue weighted by atomic mass is 32.1. The third kappa shape index (κ3) is 3.61. The number of hydrogen-bond donors (Lipinski definition) is 1. The Balaban J connectivity index is 1.44. The van der Waals surface area contributed by atoms with Crippen molar-refractivity contribution in [3.05, 3.63) is 53.8 Å². The van der Waals surface area contributed by atoms with Crippen LogP contribution in [0.15, 0.2) is 48.1 Å². The summed E-state index contributed by atoms with van der Waals surface area (Å²) >= 11 is 2.94. The molecule has 3 heterocycles. The Hall–Kier alpha value is -2.71. The van der Waals surface area contributed by atoms with Crippen molar-refractivity contribution in [2.45, 2.75) is 13.3 Å². The van der Waals surface area contributed by atoms with Crippen molar-refractivity contribution in [1.29, 1.82) is 0 Å². The fourth-order valence-corrected chi connectivity index (χ4v) is 4.20. The van der Waals surface area contributed by atoms with E-state index in [1.807, 2.05) is 59.6 Å². The average Bonchev–Trinajstić information content (AvgIpc) is 3.34. The van der Waals surface area contributed by atoms with Crippen molar-refractivity contribution in [1.82, 2.24) is 14.5 Å². The third-order valence-electron chi connectivity index (χ3n) is 3.62. The second-order valence-corrected chi connectivity index (χ2v) is 7.39. The minimum absolute atomic E-state index is 0.126. The molecule has 0 aliphatic heterocycles. The number of carbonyl (C=O) groups is 1. The van der Waals surface area contributed by atoms with Gasteiger partial charge in [-0.05, 0) is 37.3 Å². The van der Waals surface area contributed by atoms with Gasteiger partial charge in [-0.15, -0.1) is 11.3 Å². The molecule has 1 N–H and O–H groups in total. The van der Waals surface area contributed by atoms with Crippen LogP contribution >= 0.6 is 22.7 Å². The van der Waals surface area contributed by atoms with E-state index >= 15 is 0 Å². The fraction of sp³-hybridized carbons (Fsp3) is 0.167. The first-order chi connectivity index (χ1) is 12.7. The van der Waals surface area contributed by atoms with Crippen LogP contribution in [0.3, 0.4) is 0 Å². The number of amides is 1. The molecule has 8 heteroatoms. The van der Waals surface area contributed by atoms with Gasteiger partial charge >= 0.3 is 0 Å². The van der Waals surface area contributed by atoms with E-state index in [9.17, 15) is 4.79 Å². The number of fused-ring (bicyclic) bond motifs is 1. The molecule has 3 aromatic heterocycles. The zero-order chi connectivity index (χ0) is 17.9. The molecule has 0 atom stereocenters. The van der Waals surface area contributed by atoms with Crippen LogP contribution in [0.5, 0.6) is 5.75 Å². The lowest BCUT2D eigenvalue weighted by atomic mass is 10.3. The topological polar surface area (TPSA) is 69.0 Å². The van der Waals surface area contributed by atoms with Crippen LogP contribution in [0.2, 0.25) is 0 Å². The summed E-state index contributed by atoms with van der Waals surface area (Å²) in [6.07, 6.45) is 4.08. The van der Waals surface area contributed by atoms with Crippen LogP contribution < -0.4 is 10.1 Å². The number of thiazole rings is 2. The van der Waals surface area contributed by atoms with Gasteiger partial charge in [-0.25, -0.2) is 9.97 Å². The summed E-state index contributed by atoms with van der Waals surface area (Å²) in [7, 11) is 0. The van der Waals surface area contributed by atoms with Crippen LogP contribution in [0.1, 0.15) is 12.6 Å². The van der Waals surface area contributed by atoms with E-state index in [0.29, 0.717) is 11.7 Å². The van der Waals surface area contributed by atoms with Crippen molar-refractivity contribution in [3.8, 4) is 10.9 Å². The van der Waals surface area contributed by atoms with Crippen LogP contribution in [0, 0.1) is 0 Å². The molecule has 1 amide bonds. The molecule has 1 aromatic carbocycles. The lowest BCUT2D eigenvalue weighted by Gasteiger charge is -2.00. The van der Waals surface area contributed by atoms with E-state index < -0.39 is 0 Å². The number of nitrogens with one attached hydrogen (secondary N) is 1. The Morgan fingerprint density at radius 2 is 2.12 bits per heavy atom. The quantitative estimate of drug-likeness (QED) is 0.543. The van der Waals surface area contributed by atoms with E-state index in [0.717, 1.165) is 26.8 Å². The zero-order valence-electron chi connectivity index (χ0n) is 14.0. The molecule has 132 valence electrons. The summed E-state index contributed by atoms with van der Waals surface area (Å²) in [5.74, 6) is 0.681. The number of hydrogen-bond acceptors (Lipinski definition) is 6. The summed E-state index contributed by atoms with van der Waals surface area (Å²) in [6, 6.07) is 9.61. The van der Waals surface area contributed by atoms with E-state index in [1.165, 1.54) is 22.7 Å². The Kier molecular flexibility index (Phi) is 4.68. The van der Waals surface area contributed by atoms with Gasteiger partial charge in [-0.1, -0.05) is 11.3 Å². The zero-order valence-corrected chi connectivity index (χ0v) is 15.6. The third-order valence-corrected chi connectivity index (χ3v) is 5.46. The van der Waals surface area contributed by atoms with Gasteiger partial charge < -0.3 is 14.6 Å². The summed E-state index contributed by atoms with van der Waals surface area (Å²) in [6.45, 7) is 2.56. The highest BCUT2D eigenvalue weighted by Gasteiger charge is 2.12. The van der Waals surface area contributed by atoms with E-state index in [2.05, 4.69) is 15.3 Å². The number of carbonyl (C=O) groups excluding carboxylic acids is 1. The average molecular weight is 384 g/mol. The van der Waals surface area contributed by atoms with Gasteiger partial charge in [0.2, 0.25) is 5.91 Å². The highest BCUT2D eigenvalue weighted by molar-refractivity contribution is 7.22. The number of aromatic nitrogens is 3. The molecule has 0 aliphatic carbocycles. The maximum absolute atomic E-state index is 12.3. The van der Waals surface area contributed by atoms with Gasteiger partial charge in [0.1, 0.15) is 5.75 Å². The molecule has 6 nitrogen and oxygen atoms in total. The minimum Gasteiger partial charge on any atom is -0.494 e. The van der Waals surface area contributed by atoms with Crippen molar-refractivity contribution in [3.63, 3.8) is 0 Å². The number of ether oxygens (including phenoxy) is 1. The molecule has 0 fully saturated rings. The summed E-state index contributed by atoms with van der Waals surface area (Å²) in [5.41, 5.74) is 1.59. The molecule has 0 radical (unpaired) electrons. The Morgan fingerprint density at radius 1 is 1.27 bits per heavy atom. The summed E-state index contributed by atoms with van der Waals surface area (Å²) < 4.78 is 8.41. The molecule has 4 aromatic rings. The van der Waals surface area contributed by atoms with Crippen LogP contribution in [0.4, 0.5) is 5.13 Å². The number of benzene rings is 1. The molecule has 0 spiro atoms. The van der Waals surface area contributed by atoms with Crippen LogP contribution in [0.25, 0.3) is 15.3 Å². The minimum atomic E-state index is -0.126. The fourth-order valence-electron chi connectivity index (χ4n) is 2.50. The van der Waals surface area contributed by atoms with Gasteiger partial charge in [-0.3, -0.25) is 4.79 Å². The monoisotopic (exact) mass is 384 g/mol. The molecular weight excluding hydrogens is 368 g/mol. The lowest BCUT2D eigenvalue weighted by molar-refractivity contribution is -0.115. The smallest absolute Gasteiger partial charge is 0.232 e. The molecule has 0 unspecified atom stereocenters. The molecular formula is C18H16N4O2S2. The van der Waals surface area contributed by atoms with Gasteiger partial charge in [0.05, 0.1) is 28.9 Å². The Bertz CT molecular complexity index is 1040. The predicted octanol–water partition coefficient (Wildman–Crippen LogP) is 4.12. The van der Waals surface area contributed by atoms with Crippen molar-refractivity contribution in [2.75, 3.05) is 11.9 Å². The maximum Gasteiger partial charge on any atom is 0.232 e. The van der Waals surface area contributed by atoms with Crippen molar-refractivity contribution >= 4 is 43.9 Å². The largest absolute Gasteiger partial charge is 0.494 e. The normalized spacial score (nSPS) is 11.0. The molecule has 26 heavy (non-hydrogen) atoms. The van der Waals surface area contributed by atoms with Gasteiger partial charge in [0, 0.05) is 17.8 Å². The van der Waals surface area contributed by atoms with Gasteiger partial charge in [0.25, 0.3) is 0 Å². The van der Waals surface area contributed by atoms with Crippen LogP contribution in [-0.4, -0.2) is 27.0 Å². The highest BCUT2D eigenvalue weighted by Crippen LogP contribution is 2.29. The second kappa shape index (κ2) is 7.27. The summed E-state index contributed by atoms with van der Waals surface area (Å²) in [4.78, 5) is 21.3. The molecule has 0 bridgehead atoms. The SMILES string of the molecule is CCOc1ccc2nc(NC(=O)Cc3csc(-n4cccc4)n3)sc2c1. The molecule has 4 rings (SSSR count). The molecule has 0 saturated carbocycles. The number of nitrogens with zero attached hydrogens (tertiary/aromatic N) is 3. The maximum atomic E-state index is 12.3. The standard InChI is InChI=1S/C18H16N4O2S2/c1-2-24-13-5-6-14-15(10-13)26-17(20-14)21-16(23)9-12-11-25-18(19-12)22-7-3-4-8-22/h3-8,10-11H,2,9H2,1H3,(H,20,21,23). The van der Waals surface area contributed by atoms with E-state index in [4.69, 9.17) is 4.74 Å². The first-order valence-electron chi connectivity index (χ1n) is 8.12. The van der Waals surface area contributed by atoms with Crippen molar-refractivity contribution in [2.24, 2.45) is 0 Å². The molecule has 0 aliphatic rings. The summed E-state index contributed by atoms with van der Waals surface area (Å²) in [5, 5.41) is 6.20. The van der Waals surface area contributed by atoms with Gasteiger partial charge in [0.15, 0.2) is 10.3 Å². The second-order valence-electron chi connectivity index (χ2n) is 5.52. The Morgan fingerprint density at radius 3 is 2.92 bits per heavy atom. The number of rotatable bonds is 6. The van der Waals surface area contributed by atoms with E-state index in [1.54, 1.807) is 0 Å². The van der Waals surface area contributed by atoms with Gasteiger partial charge in [-0.2, -0.15) is 0 Å². The van der Waals surface area contributed by atoms with Crippen LogP contribution in [-0.2, 0) is 11.2 Å². The first kappa shape index (κ1) is 16.7. The Labute approximate surface area is 158 Å². The first-order valence-corrected chi connectivity index (χ1v) is 9.82. The van der Waals surface area contributed by atoms with Crippen molar-refractivity contribution < 1.29 is 9.53 Å². The number of anilines is 1. The lowest BCUT2D eigenvalue weighted by Crippen LogP contribution is -2.14.